The molecule has 1 N–H and O–H groups in total. The molecule has 5 aromatic rings. The molecule has 330 valence electrons. The van der Waals surface area contributed by atoms with Crippen molar-refractivity contribution in [3.8, 4) is 11.4 Å². The summed E-state index contributed by atoms with van der Waals surface area (Å²) >= 11 is 0. The number of hydrogen-bond acceptors (Lipinski definition) is 14. The highest BCUT2D eigenvalue weighted by molar-refractivity contribution is 5.72. The smallest absolute Gasteiger partial charge is 0.493 e. The second-order valence-electron chi connectivity index (χ2n) is 15.4. The molecule has 4 heterocycles. The number of hydrogen-bond donors (Lipinski definition) is 1. The van der Waals surface area contributed by atoms with Crippen LogP contribution in [0.2, 0.25) is 0 Å². The molecule has 2 fully saturated rings. The van der Waals surface area contributed by atoms with Crippen LogP contribution < -0.4 is 25.5 Å². The highest BCUT2D eigenvalue weighted by Crippen LogP contribution is 2.42. The second kappa shape index (κ2) is 19.6. The van der Waals surface area contributed by atoms with E-state index < -0.39 is 47.8 Å². The Balaban J connectivity index is 0.889. The van der Waals surface area contributed by atoms with E-state index in [2.05, 4.69) is 30.3 Å². The number of esters is 1. The third-order valence-corrected chi connectivity index (χ3v) is 11.1. The molecule has 7 rings (SSSR count). The maximum atomic E-state index is 15.0. The first-order valence-corrected chi connectivity index (χ1v) is 20.6. The van der Waals surface area contributed by atoms with Gasteiger partial charge in [0.15, 0.2) is 0 Å². The van der Waals surface area contributed by atoms with Crippen molar-refractivity contribution in [2.24, 2.45) is 5.92 Å². The largest absolute Gasteiger partial charge is 0.511 e. The normalized spacial score (nSPS) is 19.2. The van der Waals surface area contributed by atoms with Gasteiger partial charge in [0.1, 0.15) is 48.1 Å². The van der Waals surface area contributed by atoms with Crippen LogP contribution in [0.1, 0.15) is 45.2 Å². The van der Waals surface area contributed by atoms with Crippen molar-refractivity contribution in [2.75, 3.05) is 62.8 Å². The van der Waals surface area contributed by atoms with E-state index in [-0.39, 0.29) is 30.3 Å². The Morgan fingerprint density at radius 2 is 1.58 bits per heavy atom. The number of rotatable bonds is 17. The average molecular weight is 860 g/mol. The molecule has 2 aromatic heterocycles. The van der Waals surface area contributed by atoms with Crippen LogP contribution in [0.5, 0.6) is 5.75 Å². The lowest BCUT2D eigenvalue weighted by atomic mass is 9.87. The van der Waals surface area contributed by atoms with E-state index in [1.807, 2.05) is 55.5 Å². The fourth-order valence-corrected chi connectivity index (χ4v) is 8.01. The fraction of sp³-hybridized carbons (Fsp3) is 0.442. The van der Waals surface area contributed by atoms with Crippen molar-refractivity contribution in [1.82, 2.24) is 34.4 Å². The molecule has 62 heavy (non-hydrogen) atoms. The minimum absolute atomic E-state index is 0.0372. The third-order valence-electron chi connectivity index (χ3n) is 11.1. The van der Waals surface area contributed by atoms with Crippen LogP contribution in [0.25, 0.3) is 5.69 Å². The van der Waals surface area contributed by atoms with Crippen molar-refractivity contribution in [3.63, 3.8) is 0 Å². The monoisotopic (exact) mass is 859 g/mol. The van der Waals surface area contributed by atoms with E-state index in [1.54, 1.807) is 25.0 Å². The summed E-state index contributed by atoms with van der Waals surface area (Å²) < 4.78 is 61.0. The molecule has 2 aliphatic rings. The highest BCUT2D eigenvalue weighted by atomic mass is 19.1. The van der Waals surface area contributed by atoms with Crippen LogP contribution in [0.4, 0.5) is 25.0 Å². The molecule has 3 aromatic carbocycles. The molecule has 17 nitrogen and oxygen atoms in total. The molecule has 1 unspecified atom stereocenters. The predicted octanol–water partition coefficient (Wildman–Crippen LogP) is 4.84. The van der Waals surface area contributed by atoms with Gasteiger partial charge in [-0.25, -0.2) is 37.3 Å². The van der Waals surface area contributed by atoms with Crippen LogP contribution in [-0.2, 0) is 35.9 Å². The number of benzene rings is 3. The van der Waals surface area contributed by atoms with E-state index in [9.17, 15) is 18.8 Å². The van der Waals surface area contributed by atoms with Crippen molar-refractivity contribution in [3.05, 3.63) is 113 Å². The van der Waals surface area contributed by atoms with Crippen molar-refractivity contribution in [1.29, 1.82) is 0 Å². The van der Waals surface area contributed by atoms with Crippen LogP contribution >= 0.6 is 0 Å². The summed E-state index contributed by atoms with van der Waals surface area (Å²) in [6, 6.07) is 18.7. The van der Waals surface area contributed by atoms with E-state index in [0.29, 0.717) is 37.5 Å². The molecule has 19 heteroatoms. The van der Waals surface area contributed by atoms with Gasteiger partial charge >= 0.3 is 17.8 Å². The lowest BCUT2D eigenvalue weighted by Crippen LogP contribution is -2.46. The highest BCUT2D eigenvalue weighted by Gasteiger charge is 2.44. The Morgan fingerprint density at radius 1 is 0.903 bits per heavy atom. The summed E-state index contributed by atoms with van der Waals surface area (Å²) in [7, 11) is 1.59. The average Bonchev–Trinajstić information content (AvgIpc) is 4.02. The van der Waals surface area contributed by atoms with Gasteiger partial charge in [-0.1, -0.05) is 13.0 Å². The van der Waals surface area contributed by atoms with E-state index in [1.165, 1.54) is 41.0 Å². The molecular formula is C43H51F2N9O8. The molecule has 0 saturated carbocycles. The number of carbonyl (C=O) groups excluding carboxylic acids is 2. The van der Waals surface area contributed by atoms with E-state index in [0.717, 1.165) is 43.6 Å². The van der Waals surface area contributed by atoms with E-state index in [4.69, 9.17) is 23.7 Å². The zero-order valence-electron chi connectivity index (χ0n) is 35.1. The first-order chi connectivity index (χ1) is 29.9. The minimum Gasteiger partial charge on any atom is -0.493 e. The Bertz CT molecular complexity index is 2320. The lowest BCUT2D eigenvalue weighted by Gasteiger charge is -2.37. The predicted molar refractivity (Wildman–Crippen MR) is 222 cm³/mol. The Hall–Kier alpha value is -6.34. The summed E-state index contributed by atoms with van der Waals surface area (Å²) in [6.07, 6.45) is 2.34. The molecule has 0 bridgehead atoms. The van der Waals surface area contributed by atoms with Gasteiger partial charge in [0.2, 0.25) is 6.29 Å². The molecule has 2 aliphatic heterocycles. The zero-order chi connectivity index (χ0) is 43.8. The second-order valence-corrected chi connectivity index (χ2v) is 15.4. The number of aromatic nitrogens is 6. The topological polar surface area (TPSA) is 169 Å². The van der Waals surface area contributed by atoms with Gasteiger partial charge in [-0.2, -0.15) is 10.2 Å². The number of ether oxygens (including phenoxy) is 5. The molecular weight excluding hydrogens is 809 g/mol. The van der Waals surface area contributed by atoms with Crippen LogP contribution in [0, 0.1) is 17.6 Å². The van der Waals surface area contributed by atoms with Crippen LogP contribution in [-0.4, -0.2) is 107 Å². The minimum atomic E-state index is -1.15. The molecule has 5 atom stereocenters. The first kappa shape index (κ1) is 43.7. The number of anilines is 2. The van der Waals surface area contributed by atoms with Crippen LogP contribution in [0.15, 0.2) is 90.5 Å². The molecule has 0 radical (unpaired) electrons. The zero-order valence-corrected chi connectivity index (χ0v) is 35.1. The van der Waals surface area contributed by atoms with Crippen molar-refractivity contribution >= 4 is 23.5 Å². The Kier molecular flexibility index (Phi) is 13.8. The fourth-order valence-electron chi connectivity index (χ4n) is 8.01. The van der Waals surface area contributed by atoms with Gasteiger partial charge in [0.25, 0.3) is 0 Å². The van der Waals surface area contributed by atoms with Gasteiger partial charge in [-0.15, -0.1) is 0 Å². The summed E-state index contributed by atoms with van der Waals surface area (Å²) in [6.45, 7) is 8.97. The SMILES string of the molecule is CC[C@@H]([C@H](C)OC(=O)OC(C)OC(=O)CNC)n1ncn(-c2ccc(N3CCN(c4ccc(OC[C@@H]5CO[C@@](Cn6cncn6)(c6ccc(F)cc6F)C5)cc4)CC3)cc2)c1=O. The Morgan fingerprint density at radius 3 is 2.21 bits per heavy atom. The van der Waals surface area contributed by atoms with E-state index >= 15 is 4.39 Å². The van der Waals surface area contributed by atoms with Gasteiger partial charge in [0, 0.05) is 62.0 Å². The Labute approximate surface area is 357 Å². The maximum absolute atomic E-state index is 15.0. The molecule has 2 saturated heterocycles. The lowest BCUT2D eigenvalue weighted by molar-refractivity contribution is -0.167. The third kappa shape index (κ3) is 10.2. The van der Waals surface area contributed by atoms with Gasteiger partial charge in [0.05, 0.1) is 38.0 Å². The number of carbonyl (C=O) groups is 2. The summed E-state index contributed by atoms with van der Waals surface area (Å²) in [4.78, 5) is 46.2. The number of likely N-dealkylation sites (N-methyl/N-ethyl adjacent to an activating group) is 1. The quantitative estimate of drug-likeness (QED) is 0.0996. The molecule has 0 aliphatic carbocycles. The maximum Gasteiger partial charge on any atom is 0.511 e. The number of piperazine rings is 1. The van der Waals surface area contributed by atoms with Gasteiger partial charge in [-0.3, -0.25) is 4.79 Å². The van der Waals surface area contributed by atoms with Gasteiger partial charge < -0.3 is 38.8 Å². The van der Waals surface area contributed by atoms with Gasteiger partial charge in [-0.05, 0) is 81.4 Å². The van der Waals surface area contributed by atoms with Crippen LogP contribution in [0.3, 0.4) is 0 Å². The van der Waals surface area contributed by atoms with Crippen molar-refractivity contribution < 1.29 is 42.1 Å². The number of nitrogens with one attached hydrogen (secondary N) is 1. The summed E-state index contributed by atoms with van der Waals surface area (Å²) in [5.41, 5.74) is 1.59. The number of nitrogens with zero attached hydrogens (tertiary/aromatic N) is 8. The summed E-state index contributed by atoms with van der Waals surface area (Å²) in [5.74, 6) is -1.23. The first-order valence-electron chi connectivity index (χ1n) is 20.6. The standard InChI is InChI=1S/C43H51F2N9O8/c1-5-39(29(2)60-42(57)62-30(3)61-40(55)22-46-4)54-41(56)53(28-49-54)35-9-7-33(8-10-35)50-16-18-51(19-17-50)34-11-13-36(14-12-34)58-23-31-21-43(59-24-31,25-52-27-47-26-48-52)37-15-6-32(44)20-38(37)45/h6-15,20,26-31,39,46H,5,16-19,21-25H2,1-4H3/t29-,30?,31+,39-,43-/m0/s1. The number of halogens is 2. The summed E-state index contributed by atoms with van der Waals surface area (Å²) in [5, 5.41) is 11.2. The molecule has 0 amide bonds. The van der Waals surface area contributed by atoms with Crippen molar-refractivity contribution in [2.45, 2.75) is 64.2 Å². The molecule has 0 spiro atoms.